The fourth-order valence-electron chi connectivity index (χ4n) is 2.98. The zero-order valence-corrected chi connectivity index (χ0v) is 14.1. The van der Waals surface area contributed by atoms with Crippen LogP contribution in [0.25, 0.3) is 0 Å². The summed E-state index contributed by atoms with van der Waals surface area (Å²) >= 11 is 6.32. The van der Waals surface area contributed by atoms with Gasteiger partial charge >= 0.3 is 5.97 Å². The molecule has 1 aromatic carbocycles. The van der Waals surface area contributed by atoms with Crippen molar-refractivity contribution in [3.8, 4) is 0 Å². The number of hydrogen-bond acceptors (Lipinski definition) is 3. The molecule has 1 fully saturated rings. The van der Waals surface area contributed by atoms with E-state index in [2.05, 4.69) is 5.32 Å². The van der Waals surface area contributed by atoms with Crippen LogP contribution in [0.15, 0.2) is 24.3 Å². The summed E-state index contributed by atoms with van der Waals surface area (Å²) in [6, 6.07) is 6.30. The molecule has 0 saturated carbocycles. The first-order valence-electron chi connectivity index (χ1n) is 7.75. The number of carbonyl (C=O) groups excluding carboxylic acids is 1. The molecule has 6 heteroatoms. The maximum absolute atomic E-state index is 13.0. The minimum Gasteiger partial charge on any atom is -0.480 e. The van der Waals surface area contributed by atoms with Gasteiger partial charge in [-0.1, -0.05) is 43.6 Å². The van der Waals surface area contributed by atoms with E-state index < -0.39 is 17.4 Å². The van der Waals surface area contributed by atoms with Gasteiger partial charge in [-0.15, -0.1) is 0 Å². The molecule has 1 amide bonds. The molecule has 1 aliphatic rings. The summed E-state index contributed by atoms with van der Waals surface area (Å²) in [4.78, 5) is 24.4. The highest BCUT2D eigenvalue weighted by molar-refractivity contribution is 6.31. The third-order valence-corrected chi connectivity index (χ3v) is 4.72. The number of carboxylic acids is 1. The van der Waals surface area contributed by atoms with E-state index in [4.69, 9.17) is 16.3 Å². The lowest BCUT2D eigenvalue weighted by Gasteiger charge is -2.38. The van der Waals surface area contributed by atoms with Crippen molar-refractivity contribution in [3.05, 3.63) is 34.9 Å². The lowest BCUT2D eigenvalue weighted by Crippen LogP contribution is -2.54. The Balaban J connectivity index is 2.37. The zero-order chi connectivity index (χ0) is 17.0. The number of hydrogen-bond donors (Lipinski definition) is 2. The molecule has 0 aliphatic carbocycles. The van der Waals surface area contributed by atoms with Gasteiger partial charge in [-0.2, -0.15) is 0 Å². The molecule has 2 rings (SSSR count). The molecule has 1 saturated heterocycles. The van der Waals surface area contributed by atoms with E-state index in [0.29, 0.717) is 31.1 Å². The van der Waals surface area contributed by atoms with Crippen LogP contribution in [0.5, 0.6) is 0 Å². The van der Waals surface area contributed by atoms with E-state index in [-0.39, 0.29) is 11.8 Å². The van der Waals surface area contributed by atoms with Gasteiger partial charge in [0, 0.05) is 18.2 Å². The van der Waals surface area contributed by atoms with Crippen LogP contribution >= 0.6 is 11.6 Å². The first-order valence-corrected chi connectivity index (χ1v) is 8.13. The summed E-state index contributed by atoms with van der Waals surface area (Å²) in [5, 5.41) is 12.5. The Kier molecular flexibility index (Phi) is 5.65. The van der Waals surface area contributed by atoms with Crippen LogP contribution in [0.3, 0.4) is 0 Å². The van der Waals surface area contributed by atoms with E-state index >= 15 is 0 Å². The fraction of sp³-hybridized carbons (Fsp3) is 0.529. The average Bonchev–Trinajstić information content (AvgIpc) is 2.52. The zero-order valence-electron chi connectivity index (χ0n) is 13.3. The van der Waals surface area contributed by atoms with Gasteiger partial charge in [-0.05, 0) is 30.4 Å². The Morgan fingerprint density at radius 2 is 1.87 bits per heavy atom. The number of aliphatic carboxylic acids is 1. The van der Waals surface area contributed by atoms with Gasteiger partial charge in [0.05, 0.1) is 5.41 Å². The summed E-state index contributed by atoms with van der Waals surface area (Å²) in [7, 11) is 0. The normalized spacial score (nSPS) is 18.4. The topological polar surface area (TPSA) is 75.6 Å². The van der Waals surface area contributed by atoms with Crippen molar-refractivity contribution in [3.63, 3.8) is 0 Å². The highest BCUT2D eigenvalue weighted by atomic mass is 35.5. The minimum atomic E-state index is -1.03. The molecule has 1 aliphatic heterocycles. The lowest BCUT2D eigenvalue weighted by molar-refractivity contribution is -0.145. The molecule has 2 N–H and O–H groups in total. The quantitative estimate of drug-likeness (QED) is 0.864. The Labute approximate surface area is 141 Å². The predicted molar refractivity (Wildman–Crippen MR) is 87.6 cm³/mol. The van der Waals surface area contributed by atoms with E-state index in [1.165, 1.54) is 0 Å². The van der Waals surface area contributed by atoms with Crippen molar-refractivity contribution >= 4 is 23.5 Å². The van der Waals surface area contributed by atoms with Crippen LogP contribution in [0.4, 0.5) is 0 Å². The molecule has 1 heterocycles. The number of carboxylic acid groups (broad SMARTS) is 1. The second-order valence-corrected chi connectivity index (χ2v) is 6.61. The molecule has 1 aromatic rings. The van der Waals surface area contributed by atoms with Crippen LogP contribution < -0.4 is 5.32 Å². The molecule has 0 bridgehead atoms. The number of halogens is 1. The van der Waals surface area contributed by atoms with Crippen molar-refractivity contribution in [1.82, 2.24) is 5.32 Å². The maximum atomic E-state index is 13.0. The third kappa shape index (κ3) is 3.67. The van der Waals surface area contributed by atoms with Crippen LogP contribution in [0.2, 0.25) is 5.02 Å². The maximum Gasteiger partial charge on any atom is 0.326 e. The monoisotopic (exact) mass is 339 g/mol. The molecule has 0 aromatic heterocycles. The Morgan fingerprint density at radius 1 is 1.26 bits per heavy atom. The Bertz CT molecular complexity index is 582. The highest BCUT2D eigenvalue weighted by Crippen LogP contribution is 2.39. The molecule has 1 unspecified atom stereocenters. The van der Waals surface area contributed by atoms with Gasteiger partial charge in [0.1, 0.15) is 6.04 Å². The summed E-state index contributed by atoms with van der Waals surface area (Å²) in [6.45, 7) is 4.42. The van der Waals surface area contributed by atoms with Gasteiger partial charge in [0.25, 0.3) is 0 Å². The van der Waals surface area contributed by atoms with Gasteiger partial charge in [0.15, 0.2) is 0 Å². The molecular weight excluding hydrogens is 318 g/mol. The van der Waals surface area contributed by atoms with Crippen molar-refractivity contribution in [2.75, 3.05) is 13.2 Å². The minimum absolute atomic E-state index is 0.209. The number of benzene rings is 1. The first-order chi connectivity index (χ1) is 10.9. The Morgan fingerprint density at radius 3 is 2.39 bits per heavy atom. The number of rotatable bonds is 5. The van der Waals surface area contributed by atoms with Crippen molar-refractivity contribution < 1.29 is 19.4 Å². The fourth-order valence-corrected chi connectivity index (χ4v) is 3.30. The van der Waals surface area contributed by atoms with E-state index in [9.17, 15) is 14.7 Å². The van der Waals surface area contributed by atoms with Crippen LogP contribution in [-0.4, -0.2) is 36.2 Å². The number of nitrogens with one attached hydrogen (secondary N) is 1. The molecule has 5 nitrogen and oxygen atoms in total. The van der Waals surface area contributed by atoms with E-state index in [1.807, 2.05) is 18.2 Å². The van der Waals surface area contributed by atoms with Crippen molar-refractivity contribution in [1.29, 1.82) is 0 Å². The summed E-state index contributed by atoms with van der Waals surface area (Å²) in [5.74, 6) is -1.54. The average molecular weight is 340 g/mol. The van der Waals surface area contributed by atoms with E-state index in [1.54, 1.807) is 19.9 Å². The second kappa shape index (κ2) is 7.32. The SMILES string of the molecule is CC(C)C(NC(=O)C1(c2ccccc2Cl)CCOCC1)C(=O)O. The molecule has 23 heavy (non-hydrogen) atoms. The van der Waals surface area contributed by atoms with Crippen LogP contribution in [-0.2, 0) is 19.7 Å². The van der Waals surface area contributed by atoms with Gasteiger partial charge < -0.3 is 15.2 Å². The summed E-state index contributed by atoms with van der Waals surface area (Å²) in [6.07, 6.45) is 0.958. The van der Waals surface area contributed by atoms with Crippen molar-refractivity contribution in [2.24, 2.45) is 5.92 Å². The smallest absolute Gasteiger partial charge is 0.326 e. The molecular formula is C17H22ClNO4. The van der Waals surface area contributed by atoms with Crippen molar-refractivity contribution in [2.45, 2.75) is 38.1 Å². The molecule has 126 valence electrons. The predicted octanol–water partition coefficient (Wildman–Crippen LogP) is 2.61. The summed E-state index contributed by atoms with van der Waals surface area (Å²) < 4.78 is 5.40. The van der Waals surface area contributed by atoms with E-state index in [0.717, 1.165) is 5.56 Å². The Hall–Kier alpha value is -1.59. The molecule has 0 radical (unpaired) electrons. The molecule has 1 atom stereocenters. The summed E-state index contributed by atoms with van der Waals surface area (Å²) in [5.41, 5.74) is -0.116. The standard InChI is InChI=1S/C17H22ClNO4/c1-11(2)14(15(20)21)19-16(22)17(7-9-23-10-8-17)12-5-3-4-6-13(12)18/h3-6,11,14H,7-10H2,1-2H3,(H,19,22)(H,20,21). The lowest BCUT2D eigenvalue weighted by atomic mass is 9.73. The van der Waals surface area contributed by atoms with Gasteiger partial charge in [0.2, 0.25) is 5.91 Å². The largest absolute Gasteiger partial charge is 0.480 e. The number of ether oxygens (including phenoxy) is 1. The molecule has 0 spiro atoms. The highest BCUT2D eigenvalue weighted by Gasteiger charge is 2.44. The number of amides is 1. The van der Waals surface area contributed by atoms with Gasteiger partial charge in [-0.3, -0.25) is 4.79 Å². The van der Waals surface area contributed by atoms with Crippen LogP contribution in [0, 0.1) is 5.92 Å². The first kappa shape index (κ1) is 17.8. The third-order valence-electron chi connectivity index (χ3n) is 4.39. The number of carbonyl (C=O) groups is 2. The van der Waals surface area contributed by atoms with Gasteiger partial charge in [-0.25, -0.2) is 4.79 Å². The second-order valence-electron chi connectivity index (χ2n) is 6.21. The van der Waals surface area contributed by atoms with Crippen LogP contribution in [0.1, 0.15) is 32.3 Å².